The average molecular weight is 482 g/mol. The van der Waals surface area contributed by atoms with Gasteiger partial charge in [0.15, 0.2) is 11.6 Å². The molecular weight excluding hydrogens is 452 g/mol. The largest absolute Gasteiger partial charge is 0.493 e. The summed E-state index contributed by atoms with van der Waals surface area (Å²) in [4.78, 5) is 1.99. The van der Waals surface area contributed by atoms with Crippen LogP contribution in [0.15, 0.2) is 49.0 Å². The third-order valence-corrected chi connectivity index (χ3v) is 7.12. The van der Waals surface area contributed by atoms with Crippen LogP contribution in [0.2, 0.25) is 0 Å². The summed E-state index contributed by atoms with van der Waals surface area (Å²) in [7, 11) is 1.99. The highest BCUT2D eigenvalue weighted by Crippen LogP contribution is 2.38. The normalized spacial score (nSPS) is 15.0. The SMILES string of the molecule is C=Cc1sc2c(-c3ccc(F)c(F)c3)c(C)nn2c1C(C)C.CNC1CCOc2ccccc21. The molecule has 3 heterocycles. The Bertz CT molecular complexity index is 1330. The zero-order valence-corrected chi connectivity index (χ0v) is 20.7. The van der Waals surface area contributed by atoms with Gasteiger partial charge in [0, 0.05) is 23.6 Å². The van der Waals surface area contributed by atoms with E-state index >= 15 is 0 Å². The van der Waals surface area contributed by atoms with E-state index in [4.69, 9.17) is 4.74 Å². The van der Waals surface area contributed by atoms with Crippen molar-refractivity contribution in [3.05, 3.63) is 82.5 Å². The van der Waals surface area contributed by atoms with Crippen LogP contribution in [0, 0.1) is 18.6 Å². The molecule has 0 radical (unpaired) electrons. The highest BCUT2D eigenvalue weighted by atomic mass is 32.1. The number of para-hydroxylation sites is 1. The first-order chi connectivity index (χ1) is 16.3. The fraction of sp³-hybridized carbons (Fsp3) is 0.296. The summed E-state index contributed by atoms with van der Waals surface area (Å²) >= 11 is 1.57. The lowest BCUT2D eigenvalue weighted by molar-refractivity contribution is 0.257. The van der Waals surface area contributed by atoms with E-state index in [-0.39, 0.29) is 0 Å². The number of thiazole rings is 1. The number of halogens is 2. The Labute approximate surface area is 202 Å². The number of nitrogens with one attached hydrogen (secondary N) is 1. The standard InChI is InChI=1S/C17H16F2N2S.C10H13NO/c1-5-14-16(9(2)3)21-17(22-14)15(10(4)20-21)11-6-7-12(18)13(19)8-11;1-11-9-6-7-12-10-5-3-2-4-8(9)10/h5-9H,1H2,2-4H3;2-5,9,11H,6-7H2,1H3. The summed E-state index contributed by atoms with van der Waals surface area (Å²) < 4.78 is 34.2. The first kappa shape index (κ1) is 24.1. The van der Waals surface area contributed by atoms with Crippen molar-refractivity contribution in [2.24, 2.45) is 0 Å². The van der Waals surface area contributed by atoms with Gasteiger partial charge in [-0.25, -0.2) is 13.3 Å². The molecule has 178 valence electrons. The summed E-state index contributed by atoms with van der Waals surface area (Å²) in [5.41, 5.74) is 4.66. The second-order valence-corrected chi connectivity index (χ2v) is 9.56. The summed E-state index contributed by atoms with van der Waals surface area (Å²) in [6.07, 6.45) is 2.88. The van der Waals surface area contributed by atoms with Gasteiger partial charge < -0.3 is 10.1 Å². The van der Waals surface area contributed by atoms with Gasteiger partial charge in [0.25, 0.3) is 0 Å². The Hall–Kier alpha value is -3.03. The van der Waals surface area contributed by atoms with Crippen LogP contribution in [0.5, 0.6) is 5.75 Å². The van der Waals surface area contributed by atoms with Crippen molar-refractivity contribution in [1.82, 2.24) is 14.9 Å². The minimum absolute atomic E-state index is 0.291. The van der Waals surface area contributed by atoms with Crippen LogP contribution in [-0.4, -0.2) is 23.3 Å². The minimum atomic E-state index is -0.846. The molecule has 0 amide bonds. The minimum Gasteiger partial charge on any atom is -0.493 e. The van der Waals surface area contributed by atoms with Crippen molar-refractivity contribution in [2.45, 2.75) is 39.2 Å². The summed E-state index contributed by atoms with van der Waals surface area (Å²) in [6.45, 7) is 10.8. The Morgan fingerprint density at radius 3 is 2.65 bits per heavy atom. The maximum absolute atomic E-state index is 13.6. The Kier molecular flexibility index (Phi) is 7.14. The van der Waals surface area contributed by atoms with Crippen molar-refractivity contribution in [3.8, 4) is 16.9 Å². The molecule has 0 bridgehead atoms. The van der Waals surface area contributed by atoms with Crippen LogP contribution in [0.25, 0.3) is 22.0 Å². The third-order valence-electron chi connectivity index (χ3n) is 5.95. The van der Waals surface area contributed by atoms with Gasteiger partial charge in [-0.3, -0.25) is 0 Å². The van der Waals surface area contributed by atoms with E-state index in [1.165, 1.54) is 11.6 Å². The first-order valence-electron chi connectivity index (χ1n) is 11.3. The fourth-order valence-corrected chi connectivity index (χ4v) is 5.64. The van der Waals surface area contributed by atoms with Crippen molar-refractivity contribution >= 4 is 22.2 Å². The molecule has 0 saturated carbocycles. The zero-order chi connectivity index (χ0) is 24.4. The van der Waals surface area contributed by atoms with Crippen LogP contribution in [0.1, 0.15) is 54.1 Å². The lowest BCUT2D eigenvalue weighted by Crippen LogP contribution is -2.23. The van der Waals surface area contributed by atoms with E-state index in [2.05, 4.69) is 43.0 Å². The number of nitrogens with zero attached hydrogens (tertiary/aromatic N) is 2. The number of hydrogen-bond acceptors (Lipinski definition) is 4. The summed E-state index contributed by atoms with van der Waals surface area (Å²) in [5, 5.41) is 7.87. The molecule has 2 aromatic heterocycles. The molecule has 4 nitrogen and oxygen atoms in total. The van der Waals surface area contributed by atoms with E-state index in [0.717, 1.165) is 51.5 Å². The van der Waals surface area contributed by atoms with E-state index in [1.807, 2.05) is 36.7 Å². The van der Waals surface area contributed by atoms with Gasteiger partial charge in [0.05, 0.1) is 22.9 Å². The van der Waals surface area contributed by atoms with Crippen LogP contribution in [-0.2, 0) is 0 Å². The molecule has 2 aromatic carbocycles. The maximum atomic E-state index is 13.6. The van der Waals surface area contributed by atoms with Crippen molar-refractivity contribution in [1.29, 1.82) is 0 Å². The number of aromatic nitrogens is 2. The molecular formula is C27H29F2N3OS. The third kappa shape index (κ3) is 4.50. The van der Waals surface area contributed by atoms with Gasteiger partial charge in [-0.05, 0) is 43.7 Å². The molecule has 7 heteroatoms. The van der Waals surface area contributed by atoms with Crippen LogP contribution in [0.4, 0.5) is 8.78 Å². The second-order valence-electron chi connectivity index (χ2n) is 8.53. The van der Waals surface area contributed by atoms with Crippen LogP contribution < -0.4 is 10.1 Å². The van der Waals surface area contributed by atoms with Gasteiger partial charge in [0.1, 0.15) is 10.6 Å². The molecule has 0 fully saturated rings. The summed E-state index contributed by atoms with van der Waals surface area (Å²) in [6, 6.07) is 12.6. The highest BCUT2D eigenvalue weighted by Gasteiger charge is 2.21. The predicted molar refractivity (Wildman–Crippen MR) is 136 cm³/mol. The van der Waals surface area contributed by atoms with Crippen molar-refractivity contribution < 1.29 is 13.5 Å². The van der Waals surface area contributed by atoms with E-state index in [9.17, 15) is 8.78 Å². The molecule has 1 aliphatic rings. The lowest BCUT2D eigenvalue weighted by atomic mass is 10.0. The van der Waals surface area contributed by atoms with Crippen molar-refractivity contribution in [3.63, 3.8) is 0 Å². The number of ether oxygens (including phenoxy) is 1. The van der Waals surface area contributed by atoms with Gasteiger partial charge >= 0.3 is 0 Å². The van der Waals surface area contributed by atoms with Gasteiger partial charge in [-0.1, -0.05) is 50.8 Å². The molecule has 34 heavy (non-hydrogen) atoms. The number of aryl methyl sites for hydroxylation is 1. The Morgan fingerprint density at radius 2 is 1.97 bits per heavy atom. The molecule has 1 aliphatic heterocycles. The molecule has 0 spiro atoms. The molecule has 1 N–H and O–H groups in total. The zero-order valence-electron chi connectivity index (χ0n) is 19.9. The molecule has 0 saturated heterocycles. The van der Waals surface area contributed by atoms with Gasteiger partial charge in [-0.15, -0.1) is 11.3 Å². The quantitative estimate of drug-likeness (QED) is 0.336. The smallest absolute Gasteiger partial charge is 0.159 e. The molecule has 0 aliphatic carbocycles. The number of hydrogen-bond donors (Lipinski definition) is 1. The topological polar surface area (TPSA) is 38.6 Å². The second kappa shape index (κ2) is 10.1. The fourth-order valence-electron chi connectivity index (χ4n) is 4.33. The Morgan fingerprint density at radius 1 is 1.21 bits per heavy atom. The van der Waals surface area contributed by atoms with E-state index in [1.54, 1.807) is 17.4 Å². The van der Waals surface area contributed by atoms with Gasteiger partial charge in [0.2, 0.25) is 0 Å². The molecule has 5 rings (SSSR count). The predicted octanol–water partition coefficient (Wildman–Crippen LogP) is 7.15. The number of rotatable bonds is 4. The van der Waals surface area contributed by atoms with Crippen LogP contribution >= 0.6 is 11.3 Å². The monoisotopic (exact) mass is 481 g/mol. The average Bonchev–Trinajstić information content (AvgIpc) is 3.34. The lowest BCUT2D eigenvalue weighted by Gasteiger charge is -2.25. The summed E-state index contributed by atoms with van der Waals surface area (Å²) in [5.74, 6) is -0.367. The first-order valence-corrected chi connectivity index (χ1v) is 12.2. The molecule has 1 unspecified atom stereocenters. The maximum Gasteiger partial charge on any atom is 0.159 e. The van der Waals surface area contributed by atoms with Crippen molar-refractivity contribution in [2.75, 3.05) is 13.7 Å². The van der Waals surface area contributed by atoms with Crippen LogP contribution in [0.3, 0.4) is 0 Å². The molecule has 1 atom stereocenters. The highest BCUT2D eigenvalue weighted by molar-refractivity contribution is 7.19. The number of fused-ring (bicyclic) bond motifs is 2. The van der Waals surface area contributed by atoms with Gasteiger partial charge in [-0.2, -0.15) is 5.10 Å². The van der Waals surface area contributed by atoms with E-state index in [0.29, 0.717) is 17.5 Å². The van der Waals surface area contributed by atoms with E-state index < -0.39 is 11.6 Å². The molecule has 4 aromatic rings. The Balaban J connectivity index is 0.000000192. The number of benzene rings is 2.